The van der Waals surface area contributed by atoms with E-state index in [1.807, 2.05) is 35.7 Å². The molecule has 0 spiro atoms. The lowest BCUT2D eigenvalue weighted by atomic mass is 10.2. The Morgan fingerprint density at radius 3 is 2.72 bits per heavy atom. The number of carbonyl (C=O) groups excluding carboxylic acids is 1. The first kappa shape index (κ1) is 18.9. The first-order chi connectivity index (χ1) is 12.3. The number of nitrogens with zero attached hydrogens (tertiary/aromatic N) is 1. The van der Waals surface area contributed by atoms with Crippen molar-refractivity contribution in [1.29, 1.82) is 0 Å². The molecule has 0 bridgehead atoms. The van der Waals surface area contributed by atoms with Crippen LogP contribution in [0.5, 0.6) is 5.75 Å². The van der Waals surface area contributed by atoms with E-state index in [9.17, 15) is 4.79 Å². The number of carbonyl (C=O) groups is 1. The third-order valence-corrected chi connectivity index (χ3v) is 7.80. The molecule has 0 radical (unpaired) electrons. The van der Waals surface area contributed by atoms with E-state index in [-0.39, 0.29) is 12.5 Å². The molecule has 1 atom stereocenters. The fourth-order valence-electron chi connectivity index (χ4n) is 3.38. The van der Waals surface area contributed by atoms with Crippen molar-refractivity contribution in [2.75, 3.05) is 37.7 Å². The smallest absolute Gasteiger partial charge is 0.257 e. The first-order valence-electron chi connectivity index (χ1n) is 9.23. The number of rotatable bonds is 7. The number of hydrogen-bond acceptors (Lipinski definition) is 5. The SMILES string of the molecule is CCN1CCCC1CNC(=O)COc1ccc(C2SCCCS2)cc1. The standard InChI is InChI=1S/C19H28N2O2S2/c1-2-21-10-3-5-16(21)13-20-18(22)14-23-17-8-6-15(7-9-17)19-24-11-4-12-25-19/h6-9,16,19H,2-5,10-14H2,1H3,(H,20,22). The summed E-state index contributed by atoms with van der Waals surface area (Å²) in [6, 6.07) is 8.70. The Bertz CT molecular complexity index is 547. The zero-order chi connectivity index (χ0) is 17.5. The van der Waals surface area contributed by atoms with Gasteiger partial charge in [-0.25, -0.2) is 0 Å². The molecule has 1 aromatic carbocycles. The molecule has 0 aromatic heterocycles. The normalized spacial score (nSPS) is 22.0. The maximum absolute atomic E-state index is 12.0. The molecular weight excluding hydrogens is 352 g/mol. The van der Waals surface area contributed by atoms with Crippen molar-refractivity contribution in [2.24, 2.45) is 0 Å². The van der Waals surface area contributed by atoms with Crippen molar-refractivity contribution >= 4 is 29.4 Å². The van der Waals surface area contributed by atoms with Crippen LogP contribution in [-0.4, -0.2) is 54.6 Å². The summed E-state index contributed by atoms with van der Waals surface area (Å²) in [5.74, 6) is 3.21. The van der Waals surface area contributed by atoms with Gasteiger partial charge in [0.15, 0.2) is 6.61 Å². The van der Waals surface area contributed by atoms with Gasteiger partial charge in [-0.15, -0.1) is 23.5 Å². The Hall–Kier alpha value is -0.850. The van der Waals surface area contributed by atoms with Crippen LogP contribution in [0.2, 0.25) is 0 Å². The van der Waals surface area contributed by atoms with Gasteiger partial charge in [0.1, 0.15) is 5.75 Å². The molecule has 2 aliphatic heterocycles. The molecule has 2 fully saturated rings. The monoisotopic (exact) mass is 380 g/mol. The number of thioether (sulfide) groups is 2. The minimum absolute atomic E-state index is 0.0366. The summed E-state index contributed by atoms with van der Waals surface area (Å²) in [6.07, 6.45) is 3.71. The van der Waals surface area contributed by atoms with Gasteiger partial charge in [0.25, 0.3) is 5.91 Å². The molecular formula is C19H28N2O2S2. The summed E-state index contributed by atoms with van der Waals surface area (Å²) >= 11 is 4.03. The molecule has 4 nitrogen and oxygen atoms in total. The molecule has 2 aliphatic rings. The molecule has 6 heteroatoms. The quantitative estimate of drug-likeness (QED) is 0.784. The van der Waals surface area contributed by atoms with Gasteiger partial charge in [0.05, 0.1) is 4.58 Å². The van der Waals surface area contributed by atoms with Crippen LogP contribution in [0.3, 0.4) is 0 Å². The number of benzene rings is 1. The predicted octanol–water partition coefficient (Wildman–Crippen LogP) is 3.53. The van der Waals surface area contributed by atoms with Crippen LogP contribution in [-0.2, 0) is 4.79 Å². The molecule has 2 saturated heterocycles. The third kappa shape index (κ3) is 5.56. The lowest BCUT2D eigenvalue weighted by Crippen LogP contribution is -2.41. The van der Waals surface area contributed by atoms with Crippen LogP contribution in [0.1, 0.15) is 36.3 Å². The molecule has 138 valence electrons. The van der Waals surface area contributed by atoms with Crippen LogP contribution in [0.25, 0.3) is 0 Å². The highest BCUT2D eigenvalue weighted by Gasteiger charge is 2.23. The Balaban J connectivity index is 1.39. The maximum Gasteiger partial charge on any atom is 0.257 e. The molecule has 1 N–H and O–H groups in total. The van der Waals surface area contributed by atoms with E-state index in [0.717, 1.165) is 25.4 Å². The zero-order valence-corrected chi connectivity index (χ0v) is 16.5. The van der Waals surface area contributed by atoms with Gasteiger partial charge < -0.3 is 10.1 Å². The highest BCUT2D eigenvalue weighted by molar-refractivity contribution is 8.16. The molecule has 3 rings (SSSR count). The van der Waals surface area contributed by atoms with Gasteiger partial charge >= 0.3 is 0 Å². The average molecular weight is 381 g/mol. The Kier molecular flexibility index (Phi) is 7.37. The van der Waals surface area contributed by atoms with Gasteiger partial charge in [0, 0.05) is 12.6 Å². The first-order valence-corrected chi connectivity index (χ1v) is 11.3. The summed E-state index contributed by atoms with van der Waals surface area (Å²) in [4.78, 5) is 14.5. The number of amides is 1. The minimum Gasteiger partial charge on any atom is -0.484 e. The number of likely N-dealkylation sites (tertiary alicyclic amines) is 1. The van der Waals surface area contributed by atoms with Crippen LogP contribution in [0.15, 0.2) is 24.3 Å². The maximum atomic E-state index is 12.0. The van der Waals surface area contributed by atoms with E-state index in [1.54, 1.807) is 0 Å². The molecule has 1 amide bonds. The molecule has 1 aromatic rings. The lowest BCUT2D eigenvalue weighted by molar-refractivity contribution is -0.123. The summed E-state index contributed by atoms with van der Waals surface area (Å²) in [5, 5.41) is 3.01. The number of nitrogens with one attached hydrogen (secondary N) is 1. The average Bonchev–Trinajstić information content (AvgIpc) is 3.13. The van der Waals surface area contributed by atoms with Crippen LogP contribution in [0.4, 0.5) is 0 Å². The van der Waals surface area contributed by atoms with E-state index >= 15 is 0 Å². The van der Waals surface area contributed by atoms with Gasteiger partial charge in [-0.1, -0.05) is 19.1 Å². The molecule has 25 heavy (non-hydrogen) atoms. The Morgan fingerprint density at radius 1 is 1.24 bits per heavy atom. The lowest BCUT2D eigenvalue weighted by Gasteiger charge is -2.23. The van der Waals surface area contributed by atoms with Crippen molar-refractivity contribution in [1.82, 2.24) is 10.2 Å². The second-order valence-corrected chi connectivity index (χ2v) is 9.24. The van der Waals surface area contributed by atoms with E-state index in [0.29, 0.717) is 10.6 Å². The number of hydrogen-bond donors (Lipinski definition) is 1. The van der Waals surface area contributed by atoms with Gasteiger partial charge in [-0.3, -0.25) is 9.69 Å². The van der Waals surface area contributed by atoms with Crippen LogP contribution in [0, 0.1) is 0 Å². The van der Waals surface area contributed by atoms with E-state index in [4.69, 9.17) is 4.74 Å². The van der Waals surface area contributed by atoms with E-state index < -0.39 is 0 Å². The fraction of sp³-hybridized carbons (Fsp3) is 0.632. The summed E-state index contributed by atoms with van der Waals surface area (Å²) < 4.78 is 6.18. The molecule has 0 saturated carbocycles. The van der Waals surface area contributed by atoms with Crippen molar-refractivity contribution in [3.05, 3.63) is 29.8 Å². The number of likely N-dealkylation sites (N-methyl/N-ethyl adjacent to an activating group) is 1. The van der Waals surface area contributed by atoms with Gasteiger partial charge in [-0.05, 0) is 61.6 Å². The predicted molar refractivity (Wildman–Crippen MR) is 107 cm³/mol. The van der Waals surface area contributed by atoms with Crippen molar-refractivity contribution in [3.8, 4) is 5.75 Å². The zero-order valence-electron chi connectivity index (χ0n) is 14.9. The highest BCUT2D eigenvalue weighted by atomic mass is 32.2. The molecule has 1 unspecified atom stereocenters. The fourth-order valence-corrected chi connectivity index (χ4v) is 6.27. The summed E-state index contributed by atoms with van der Waals surface area (Å²) in [5.41, 5.74) is 1.34. The second-order valence-electron chi connectivity index (χ2n) is 6.51. The Morgan fingerprint density at radius 2 is 2.00 bits per heavy atom. The minimum atomic E-state index is -0.0366. The number of ether oxygens (including phenoxy) is 1. The summed E-state index contributed by atoms with van der Waals surface area (Å²) in [7, 11) is 0. The highest BCUT2D eigenvalue weighted by Crippen LogP contribution is 2.43. The van der Waals surface area contributed by atoms with Crippen LogP contribution >= 0.6 is 23.5 Å². The Labute approximate surface area is 159 Å². The van der Waals surface area contributed by atoms with Gasteiger partial charge in [0.2, 0.25) is 0 Å². The van der Waals surface area contributed by atoms with Crippen LogP contribution < -0.4 is 10.1 Å². The second kappa shape index (κ2) is 9.74. The van der Waals surface area contributed by atoms with Gasteiger partial charge in [-0.2, -0.15) is 0 Å². The van der Waals surface area contributed by atoms with E-state index in [2.05, 4.69) is 29.3 Å². The molecule has 2 heterocycles. The van der Waals surface area contributed by atoms with Crippen molar-refractivity contribution in [2.45, 2.75) is 36.8 Å². The van der Waals surface area contributed by atoms with Crippen molar-refractivity contribution in [3.63, 3.8) is 0 Å². The van der Waals surface area contributed by atoms with Crippen molar-refractivity contribution < 1.29 is 9.53 Å². The molecule has 0 aliphatic carbocycles. The van der Waals surface area contributed by atoms with E-state index in [1.165, 1.54) is 36.3 Å². The third-order valence-electron chi connectivity index (χ3n) is 4.79. The largest absolute Gasteiger partial charge is 0.484 e. The topological polar surface area (TPSA) is 41.6 Å². The summed E-state index contributed by atoms with van der Waals surface area (Å²) in [6.45, 7) is 5.20.